The van der Waals surface area contributed by atoms with Crippen LogP contribution in [0.2, 0.25) is 0 Å². The second-order valence-corrected chi connectivity index (χ2v) is 4.94. The topological polar surface area (TPSA) is 29.0 Å². The van der Waals surface area contributed by atoms with Crippen molar-refractivity contribution in [1.82, 2.24) is 14.9 Å². The molecule has 2 heterocycles. The van der Waals surface area contributed by atoms with Crippen LogP contribution >= 0.6 is 15.9 Å². The molecular weight excluding hydrogens is 266 g/mol. The second kappa shape index (κ2) is 6.30. The van der Waals surface area contributed by atoms with Crippen molar-refractivity contribution in [2.45, 2.75) is 38.3 Å². The molecule has 16 heavy (non-hydrogen) atoms. The molecule has 0 aromatic carbocycles. The van der Waals surface area contributed by atoms with Gasteiger partial charge in [-0.25, -0.2) is 9.97 Å². The highest BCUT2D eigenvalue weighted by molar-refractivity contribution is 9.09. The Morgan fingerprint density at radius 3 is 2.81 bits per heavy atom. The van der Waals surface area contributed by atoms with E-state index in [9.17, 15) is 0 Å². The molecule has 1 unspecified atom stereocenters. The van der Waals surface area contributed by atoms with Crippen LogP contribution < -0.4 is 0 Å². The zero-order valence-electron chi connectivity index (χ0n) is 9.48. The highest BCUT2D eigenvalue weighted by Crippen LogP contribution is 2.19. The van der Waals surface area contributed by atoms with Gasteiger partial charge < -0.3 is 0 Å². The lowest BCUT2D eigenvalue weighted by Crippen LogP contribution is -2.36. The highest BCUT2D eigenvalue weighted by atomic mass is 79.9. The van der Waals surface area contributed by atoms with Crippen LogP contribution in [0.25, 0.3) is 0 Å². The van der Waals surface area contributed by atoms with Gasteiger partial charge in [0.1, 0.15) is 5.82 Å². The summed E-state index contributed by atoms with van der Waals surface area (Å²) >= 11 is 3.62. The van der Waals surface area contributed by atoms with Crippen LogP contribution in [0.3, 0.4) is 0 Å². The molecule has 0 bridgehead atoms. The average molecular weight is 284 g/mol. The van der Waals surface area contributed by atoms with Crippen molar-refractivity contribution in [2.24, 2.45) is 0 Å². The third-order valence-electron chi connectivity index (χ3n) is 3.14. The second-order valence-electron chi connectivity index (χ2n) is 4.29. The summed E-state index contributed by atoms with van der Waals surface area (Å²) in [4.78, 5) is 11.1. The lowest BCUT2D eigenvalue weighted by atomic mass is 10.1. The maximum atomic E-state index is 4.30. The smallest absolute Gasteiger partial charge is 0.142 e. The van der Waals surface area contributed by atoms with Crippen molar-refractivity contribution in [3.63, 3.8) is 0 Å². The van der Waals surface area contributed by atoms with Crippen LogP contribution in [0, 0.1) is 0 Å². The van der Waals surface area contributed by atoms with Crippen LogP contribution in [-0.2, 0) is 6.54 Å². The number of nitrogens with zero attached hydrogens (tertiary/aromatic N) is 3. The Morgan fingerprint density at radius 1 is 1.25 bits per heavy atom. The Kier molecular flexibility index (Phi) is 4.72. The summed E-state index contributed by atoms with van der Waals surface area (Å²) < 4.78 is 0. The van der Waals surface area contributed by atoms with Crippen LogP contribution in [0.5, 0.6) is 0 Å². The Balaban J connectivity index is 2.00. The summed E-state index contributed by atoms with van der Waals surface area (Å²) in [5.41, 5.74) is 0. The largest absolute Gasteiger partial charge is 0.292 e. The minimum Gasteiger partial charge on any atom is -0.292 e. The lowest BCUT2D eigenvalue weighted by Gasteiger charge is -2.27. The molecule has 0 N–H and O–H groups in total. The van der Waals surface area contributed by atoms with Crippen LogP contribution in [0.15, 0.2) is 18.5 Å². The standard InChI is InChI=1S/C12H18BrN3/c13-9-11-5-2-1-3-8-16(11)10-12-14-6-4-7-15-12/h4,6-7,11H,1-3,5,8-10H2. The maximum Gasteiger partial charge on any atom is 0.142 e. The Morgan fingerprint density at radius 2 is 2.06 bits per heavy atom. The highest BCUT2D eigenvalue weighted by Gasteiger charge is 2.20. The van der Waals surface area contributed by atoms with E-state index in [1.54, 1.807) is 0 Å². The molecule has 0 saturated carbocycles. The molecule has 88 valence electrons. The third kappa shape index (κ3) is 3.25. The van der Waals surface area contributed by atoms with Crippen molar-refractivity contribution >= 4 is 15.9 Å². The summed E-state index contributed by atoms with van der Waals surface area (Å²) in [7, 11) is 0. The minimum atomic E-state index is 0.645. The fourth-order valence-corrected chi connectivity index (χ4v) is 2.95. The van der Waals surface area contributed by atoms with E-state index in [2.05, 4.69) is 30.8 Å². The summed E-state index contributed by atoms with van der Waals surface area (Å²) in [6, 6.07) is 2.51. The van der Waals surface area contributed by atoms with Gasteiger partial charge in [-0.1, -0.05) is 28.8 Å². The van der Waals surface area contributed by atoms with Crippen molar-refractivity contribution in [2.75, 3.05) is 11.9 Å². The predicted octanol–water partition coefficient (Wildman–Crippen LogP) is 2.62. The zero-order valence-corrected chi connectivity index (χ0v) is 11.1. The van der Waals surface area contributed by atoms with Crippen molar-refractivity contribution in [3.8, 4) is 0 Å². The fourth-order valence-electron chi connectivity index (χ4n) is 2.21. The summed E-state index contributed by atoms with van der Waals surface area (Å²) in [6.07, 6.45) is 8.94. The molecule has 0 aliphatic carbocycles. The van der Waals surface area contributed by atoms with E-state index in [-0.39, 0.29) is 0 Å². The molecule has 1 atom stereocenters. The fraction of sp³-hybridized carbons (Fsp3) is 0.667. The first-order chi connectivity index (χ1) is 7.90. The Bertz CT molecular complexity index is 304. The van der Waals surface area contributed by atoms with Gasteiger partial charge in [0, 0.05) is 23.8 Å². The van der Waals surface area contributed by atoms with E-state index in [0.29, 0.717) is 6.04 Å². The number of aromatic nitrogens is 2. The van der Waals surface area contributed by atoms with Crippen molar-refractivity contribution < 1.29 is 0 Å². The molecule has 4 heteroatoms. The summed E-state index contributed by atoms with van der Waals surface area (Å²) in [6.45, 7) is 2.06. The van der Waals surface area contributed by atoms with E-state index in [0.717, 1.165) is 17.7 Å². The van der Waals surface area contributed by atoms with Gasteiger partial charge >= 0.3 is 0 Å². The number of alkyl halides is 1. The SMILES string of the molecule is BrCC1CCCCCN1Cc1ncccn1. The number of rotatable bonds is 3. The van der Waals surface area contributed by atoms with Gasteiger partial charge in [-0.05, 0) is 25.5 Å². The number of hydrogen-bond donors (Lipinski definition) is 0. The monoisotopic (exact) mass is 283 g/mol. The molecule has 2 rings (SSSR count). The van der Waals surface area contributed by atoms with Gasteiger partial charge in [0.15, 0.2) is 0 Å². The van der Waals surface area contributed by atoms with Crippen LogP contribution in [0.4, 0.5) is 0 Å². The van der Waals surface area contributed by atoms with E-state index in [1.165, 1.54) is 32.2 Å². The molecule has 1 saturated heterocycles. The van der Waals surface area contributed by atoms with Gasteiger partial charge in [-0.15, -0.1) is 0 Å². The van der Waals surface area contributed by atoms with Gasteiger partial charge in [0.2, 0.25) is 0 Å². The molecule has 0 spiro atoms. The quantitative estimate of drug-likeness (QED) is 0.799. The number of hydrogen-bond acceptors (Lipinski definition) is 3. The summed E-state index contributed by atoms with van der Waals surface area (Å²) in [5, 5.41) is 1.06. The third-order valence-corrected chi connectivity index (χ3v) is 3.89. The normalized spacial score (nSPS) is 22.9. The van der Waals surface area contributed by atoms with Crippen LogP contribution in [0.1, 0.15) is 31.5 Å². The number of likely N-dealkylation sites (tertiary alicyclic amines) is 1. The van der Waals surface area contributed by atoms with Gasteiger partial charge in [0.25, 0.3) is 0 Å². The van der Waals surface area contributed by atoms with Gasteiger partial charge in [-0.2, -0.15) is 0 Å². The average Bonchev–Trinajstić information content (AvgIpc) is 2.55. The van der Waals surface area contributed by atoms with E-state index < -0.39 is 0 Å². The van der Waals surface area contributed by atoms with Crippen molar-refractivity contribution in [3.05, 3.63) is 24.3 Å². The first-order valence-corrected chi connectivity index (χ1v) is 7.08. The van der Waals surface area contributed by atoms with E-state index in [4.69, 9.17) is 0 Å². The van der Waals surface area contributed by atoms with Crippen molar-refractivity contribution in [1.29, 1.82) is 0 Å². The molecule has 0 radical (unpaired) electrons. The molecular formula is C12H18BrN3. The first kappa shape index (κ1) is 12.0. The molecule has 1 aromatic heterocycles. The van der Waals surface area contributed by atoms with Gasteiger partial charge in [0.05, 0.1) is 6.54 Å². The minimum absolute atomic E-state index is 0.645. The van der Waals surface area contributed by atoms with E-state index in [1.807, 2.05) is 18.5 Å². The lowest BCUT2D eigenvalue weighted by molar-refractivity contribution is 0.204. The Hall–Kier alpha value is -0.480. The molecule has 1 aliphatic heterocycles. The van der Waals surface area contributed by atoms with Crippen LogP contribution in [-0.4, -0.2) is 32.8 Å². The molecule has 1 fully saturated rings. The molecule has 3 nitrogen and oxygen atoms in total. The van der Waals surface area contributed by atoms with E-state index >= 15 is 0 Å². The maximum absolute atomic E-state index is 4.30. The molecule has 1 aromatic rings. The predicted molar refractivity (Wildman–Crippen MR) is 68.5 cm³/mol. The number of halogens is 1. The molecule has 0 amide bonds. The zero-order chi connectivity index (χ0) is 11.2. The Labute approximate surface area is 105 Å². The van der Waals surface area contributed by atoms with Gasteiger partial charge in [-0.3, -0.25) is 4.90 Å². The summed E-state index contributed by atoms with van der Waals surface area (Å²) in [5.74, 6) is 0.940. The first-order valence-electron chi connectivity index (χ1n) is 5.96. The molecule has 1 aliphatic rings.